The summed E-state index contributed by atoms with van der Waals surface area (Å²) in [7, 11) is 1.60. The molecule has 0 saturated carbocycles. The zero-order valence-electron chi connectivity index (χ0n) is 10.2. The number of aromatic nitrogens is 2. The summed E-state index contributed by atoms with van der Waals surface area (Å²) in [5, 5.41) is 0. The molecule has 2 heterocycles. The van der Waals surface area contributed by atoms with E-state index in [9.17, 15) is 4.39 Å². The molecule has 18 heavy (non-hydrogen) atoms. The van der Waals surface area contributed by atoms with E-state index in [-0.39, 0.29) is 6.61 Å². The average Bonchev–Trinajstić information content (AvgIpc) is 2.37. The van der Waals surface area contributed by atoms with Crippen LogP contribution in [-0.2, 0) is 6.61 Å². The summed E-state index contributed by atoms with van der Waals surface area (Å²) in [5.74, 6) is 0.703. The Labute approximate surface area is 104 Å². The predicted octanol–water partition coefficient (Wildman–Crippen LogP) is 2.51. The van der Waals surface area contributed by atoms with Crippen LogP contribution in [0.25, 0.3) is 0 Å². The van der Waals surface area contributed by atoms with Gasteiger partial charge in [-0.15, -0.1) is 0 Å². The molecule has 5 heteroatoms. The third kappa shape index (κ3) is 3.16. The van der Waals surface area contributed by atoms with Gasteiger partial charge in [-0.2, -0.15) is 4.39 Å². The molecule has 0 unspecified atom stereocenters. The fraction of sp³-hybridized carbons (Fsp3) is 0.231. The summed E-state index contributed by atoms with van der Waals surface area (Å²) in [6.07, 6.45) is 1.34. The maximum Gasteiger partial charge on any atom is 0.213 e. The Hall–Kier alpha value is -2.17. The molecule has 0 bridgehead atoms. The van der Waals surface area contributed by atoms with Crippen molar-refractivity contribution in [3.63, 3.8) is 0 Å². The molecule has 0 atom stereocenters. The van der Waals surface area contributed by atoms with Gasteiger partial charge in [0, 0.05) is 17.8 Å². The molecule has 2 rings (SSSR count). The number of hydrogen-bond acceptors (Lipinski definition) is 4. The van der Waals surface area contributed by atoms with Crippen molar-refractivity contribution in [3.05, 3.63) is 47.8 Å². The molecule has 0 aromatic carbocycles. The van der Waals surface area contributed by atoms with Crippen molar-refractivity contribution in [2.24, 2.45) is 0 Å². The van der Waals surface area contributed by atoms with Gasteiger partial charge in [0.2, 0.25) is 5.95 Å². The van der Waals surface area contributed by atoms with Crippen LogP contribution in [0, 0.1) is 12.9 Å². The van der Waals surface area contributed by atoms with E-state index in [1.165, 1.54) is 18.3 Å². The van der Waals surface area contributed by atoms with Gasteiger partial charge in [-0.3, -0.25) is 4.98 Å². The number of pyridine rings is 2. The maximum atomic E-state index is 12.6. The standard InChI is InChI=1S/C13H13FN2O2/c1-9-5-12(17-2)6-10(16-9)8-18-11-3-4-13(14)15-7-11/h3-7H,8H2,1-2H3. The fourth-order valence-corrected chi connectivity index (χ4v) is 1.50. The van der Waals surface area contributed by atoms with E-state index in [1.807, 2.05) is 13.0 Å². The molecule has 0 amide bonds. The van der Waals surface area contributed by atoms with Crippen LogP contribution in [0.4, 0.5) is 4.39 Å². The van der Waals surface area contributed by atoms with Crippen LogP contribution in [0.2, 0.25) is 0 Å². The van der Waals surface area contributed by atoms with Crippen molar-refractivity contribution in [2.45, 2.75) is 13.5 Å². The Morgan fingerprint density at radius 3 is 2.72 bits per heavy atom. The number of aryl methyl sites for hydroxylation is 1. The van der Waals surface area contributed by atoms with Crippen LogP contribution in [-0.4, -0.2) is 17.1 Å². The zero-order valence-corrected chi connectivity index (χ0v) is 10.2. The lowest BCUT2D eigenvalue weighted by Crippen LogP contribution is -2.01. The van der Waals surface area contributed by atoms with Gasteiger partial charge in [-0.1, -0.05) is 0 Å². The van der Waals surface area contributed by atoms with Gasteiger partial charge in [0.1, 0.15) is 18.1 Å². The number of ether oxygens (including phenoxy) is 2. The second kappa shape index (κ2) is 5.44. The summed E-state index contributed by atoms with van der Waals surface area (Å²) in [5.41, 5.74) is 1.60. The van der Waals surface area contributed by atoms with Crippen molar-refractivity contribution >= 4 is 0 Å². The highest BCUT2D eigenvalue weighted by atomic mass is 19.1. The van der Waals surface area contributed by atoms with Crippen LogP contribution in [0.3, 0.4) is 0 Å². The second-order valence-corrected chi connectivity index (χ2v) is 3.74. The molecule has 0 aliphatic heterocycles. The SMILES string of the molecule is COc1cc(C)nc(COc2ccc(F)nc2)c1. The minimum atomic E-state index is -0.530. The first-order valence-electron chi connectivity index (χ1n) is 5.43. The zero-order chi connectivity index (χ0) is 13.0. The summed E-state index contributed by atoms with van der Waals surface area (Å²) in [6.45, 7) is 2.16. The van der Waals surface area contributed by atoms with E-state index in [2.05, 4.69) is 9.97 Å². The minimum absolute atomic E-state index is 0.283. The highest BCUT2D eigenvalue weighted by Gasteiger charge is 2.02. The van der Waals surface area contributed by atoms with Gasteiger partial charge >= 0.3 is 0 Å². The van der Waals surface area contributed by atoms with E-state index >= 15 is 0 Å². The molecule has 0 fully saturated rings. The molecule has 0 saturated heterocycles. The smallest absolute Gasteiger partial charge is 0.213 e. The Morgan fingerprint density at radius 1 is 1.22 bits per heavy atom. The quantitative estimate of drug-likeness (QED) is 0.780. The molecule has 0 aliphatic carbocycles. The number of nitrogens with zero attached hydrogens (tertiary/aromatic N) is 2. The lowest BCUT2D eigenvalue weighted by molar-refractivity contribution is 0.297. The van der Waals surface area contributed by atoms with Crippen LogP contribution >= 0.6 is 0 Å². The maximum absolute atomic E-state index is 12.6. The van der Waals surface area contributed by atoms with Crippen LogP contribution in [0.1, 0.15) is 11.4 Å². The third-order valence-electron chi connectivity index (χ3n) is 2.30. The van der Waals surface area contributed by atoms with E-state index < -0.39 is 5.95 Å². The van der Waals surface area contributed by atoms with Crippen molar-refractivity contribution in [2.75, 3.05) is 7.11 Å². The van der Waals surface area contributed by atoms with E-state index in [0.29, 0.717) is 5.75 Å². The summed E-state index contributed by atoms with van der Waals surface area (Å²) in [4.78, 5) is 7.82. The van der Waals surface area contributed by atoms with Gasteiger partial charge in [-0.05, 0) is 19.1 Å². The lowest BCUT2D eigenvalue weighted by Gasteiger charge is -2.07. The molecular formula is C13H13FN2O2. The monoisotopic (exact) mass is 248 g/mol. The fourth-order valence-electron chi connectivity index (χ4n) is 1.50. The summed E-state index contributed by atoms with van der Waals surface area (Å²) >= 11 is 0. The molecular weight excluding hydrogens is 235 g/mol. The molecule has 0 aliphatic rings. The molecule has 0 N–H and O–H groups in total. The van der Waals surface area contributed by atoms with E-state index in [4.69, 9.17) is 9.47 Å². The topological polar surface area (TPSA) is 44.2 Å². The summed E-state index contributed by atoms with van der Waals surface area (Å²) < 4.78 is 23.2. The van der Waals surface area contributed by atoms with Crippen molar-refractivity contribution in [1.29, 1.82) is 0 Å². The van der Waals surface area contributed by atoms with Crippen LogP contribution in [0.5, 0.6) is 11.5 Å². The first kappa shape index (κ1) is 12.3. The molecule has 0 radical (unpaired) electrons. The minimum Gasteiger partial charge on any atom is -0.497 e. The van der Waals surface area contributed by atoms with E-state index in [0.717, 1.165) is 17.1 Å². The molecule has 4 nitrogen and oxygen atoms in total. The molecule has 0 spiro atoms. The van der Waals surface area contributed by atoms with Crippen LogP contribution in [0.15, 0.2) is 30.5 Å². The Balaban J connectivity index is 2.05. The summed E-state index contributed by atoms with van der Waals surface area (Å²) in [6, 6.07) is 6.40. The highest BCUT2D eigenvalue weighted by Crippen LogP contribution is 2.15. The largest absolute Gasteiger partial charge is 0.497 e. The third-order valence-corrected chi connectivity index (χ3v) is 2.30. The number of rotatable bonds is 4. The predicted molar refractivity (Wildman–Crippen MR) is 64.1 cm³/mol. The van der Waals surface area contributed by atoms with Gasteiger partial charge in [0.15, 0.2) is 0 Å². The molecule has 94 valence electrons. The first-order valence-corrected chi connectivity index (χ1v) is 5.43. The van der Waals surface area contributed by atoms with Gasteiger partial charge in [-0.25, -0.2) is 4.98 Å². The van der Waals surface area contributed by atoms with Crippen molar-refractivity contribution in [1.82, 2.24) is 9.97 Å². The average molecular weight is 248 g/mol. The highest BCUT2D eigenvalue weighted by molar-refractivity contribution is 5.26. The normalized spacial score (nSPS) is 10.2. The Morgan fingerprint density at radius 2 is 2.06 bits per heavy atom. The lowest BCUT2D eigenvalue weighted by atomic mass is 10.3. The number of hydrogen-bond donors (Lipinski definition) is 0. The van der Waals surface area contributed by atoms with Gasteiger partial charge in [0.25, 0.3) is 0 Å². The Kier molecular flexibility index (Phi) is 3.72. The van der Waals surface area contributed by atoms with Gasteiger partial charge in [0.05, 0.1) is 19.0 Å². The van der Waals surface area contributed by atoms with Crippen molar-refractivity contribution < 1.29 is 13.9 Å². The molecule has 2 aromatic heterocycles. The second-order valence-electron chi connectivity index (χ2n) is 3.74. The molecule has 2 aromatic rings. The van der Waals surface area contributed by atoms with Crippen molar-refractivity contribution in [3.8, 4) is 11.5 Å². The number of halogens is 1. The number of methoxy groups -OCH3 is 1. The van der Waals surface area contributed by atoms with Gasteiger partial charge < -0.3 is 9.47 Å². The first-order chi connectivity index (χ1) is 8.67. The Bertz CT molecular complexity index is 529. The van der Waals surface area contributed by atoms with E-state index in [1.54, 1.807) is 13.2 Å². The van der Waals surface area contributed by atoms with Crippen LogP contribution < -0.4 is 9.47 Å².